The Labute approximate surface area is 162 Å². The van der Waals surface area contributed by atoms with Crippen LogP contribution in [-0.4, -0.2) is 31.3 Å². The molecule has 1 aliphatic rings. The zero-order valence-corrected chi connectivity index (χ0v) is 15.6. The first-order valence-corrected chi connectivity index (χ1v) is 9.57. The Kier molecular flexibility index (Phi) is 5.36. The summed E-state index contributed by atoms with van der Waals surface area (Å²) in [5.41, 5.74) is -2.29. The van der Waals surface area contributed by atoms with E-state index < -0.39 is 49.1 Å². The second-order valence-electron chi connectivity index (χ2n) is 6.31. The van der Waals surface area contributed by atoms with Crippen LogP contribution in [0.15, 0.2) is 41.3 Å². The van der Waals surface area contributed by atoms with Crippen molar-refractivity contribution in [3.63, 3.8) is 0 Å². The molecule has 0 radical (unpaired) electrons. The van der Waals surface area contributed by atoms with Gasteiger partial charge in [0, 0.05) is 18.7 Å². The third kappa shape index (κ3) is 3.82. The van der Waals surface area contributed by atoms with Gasteiger partial charge in [0.2, 0.25) is 10.0 Å². The molecular formula is C17H14F4N2O5S. The van der Waals surface area contributed by atoms with Crippen LogP contribution in [-0.2, 0) is 27.5 Å². The molecular weight excluding hydrogens is 420 g/mol. The quantitative estimate of drug-likeness (QED) is 0.416. The summed E-state index contributed by atoms with van der Waals surface area (Å²) in [6, 6.07) is 4.30. The van der Waals surface area contributed by atoms with Crippen molar-refractivity contribution in [3.8, 4) is 0 Å². The Morgan fingerprint density at radius 3 is 2.52 bits per heavy atom. The summed E-state index contributed by atoms with van der Waals surface area (Å²) in [4.78, 5) is 9.69. The number of hydrogen-bond acceptors (Lipinski definition) is 5. The van der Waals surface area contributed by atoms with Gasteiger partial charge in [-0.1, -0.05) is 12.1 Å². The molecule has 0 aromatic heterocycles. The molecule has 1 heterocycles. The van der Waals surface area contributed by atoms with Crippen LogP contribution in [0.3, 0.4) is 0 Å². The molecule has 1 atom stereocenters. The van der Waals surface area contributed by atoms with Gasteiger partial charge in [0.15, 0.2) is 4.90 Å². The van der Waals surface area contributed by atoms with E-state index in [-0.39, 0.29) is 24.3 Å². The fraction of sp³-hybridized carbons (Fsp3) is 0.294. The van der Waals surface area contributed by atoms with E-state index in [1.165, 1.54) is 12.1 Å². The van der Waals surface area contributed by atoms with E-state index in [2.05, 4.69) is 0 Å². The lowest BCUT2D eigenvalue weighted by Gasteiger charge is -2.33. The SMILES string of the molecule is CN([C@@H]1COCc2cc(C(F)(F)F)cc(F)c21)S(=O)(=O)c1ccccc1[N+](=O)[O-]. The Balaban J connectivity index is 2.09. The van der Waals surface area contributed by atoms with Crippen molar-refractivity contribution in [3.05, 3.63) is 69.0 Å². The maximum absolute atomic E-state index is 14.6. The van der Waals surface area contributed by atoms with Crippen LogP contribution in [0.4, 0.5) is 23.2 Å². The Morgan fingerprint density at radius 2 is 1.90 bits per heavy atom. The summed E-state index contributed by atoms with van der Waals surface area (Å²) in [7, 11) is -3.43. The van der Waals surface area contributed by atoms with Crippen LogP contribution in [0.5, 0.6) is 0 Å². The number of fused-ring (bicyclic) bond motifs is 1. The molecule has 156 valence electrons. The Morgan fingerprint density at radius 1 is 1.24 bits per heavy atom. The normalized spacial score (nSPS) is 17.2. The van der Waals surface area contributed by atoms with E-state index in [0.717, 1.165) is 19.2 Å². The molecule has 0 saturated carbocycles. The second kappa shape index (κ2) is 7.35. The number of nitro groups is 1. The molecule has 0 unspecified atom stereocenters. The summed E-state index contributed by atoms with van der Waals surface area (Å²) >= 11 is 0. The van der Waals surface area contributed by atoms with Gasteiger partial charge in [-0.2, -0.15) is 17.5 Å². The highest BCUT2D eigenvalue weighted by Gasteiger charge is 2.39. The predicted octanol–water partition coefficient (Wildman–Crippen LogP) is 3.64. The van der Waals surface area contributed by atoms with Crippen LogP contribution in [0.2, 0.25) is 0 Å². The van der Waals surface area contributed by atoms with Crippen LogP contribution in [0.25, 0.3) is 0 Å². The fourth-order valence-electron chi connectivity index (χ4n) is 3.13. The van der Waals surface area contributed by atoms with E-state index in [4.69, 9.17) is 4.74 Å². The van der Waals surface area contributed by atoms with Crippen LogP contribution in [0, 0.1) is 15.9 Å². The molecule has 29 heavy (non-hydrogen) atoms. The number of para-hydroxylation sites is 1. The average Bonchev–Trinajstić information content (AvgIpc) is 2.66. The molecule has 3 rings (SSSR count). The first-order valence-electron chi connectivity index (χ1n) is 8.13. The largest absolute Gasteiger partial charge is 0.416 e. The highest BCUT2D eigenvalue weighted by atomic mass is 32.2. The summed E-state index contributed by atoms with van der Waals surface area (Å²) in [6.07, 6.45) is -4.79. The predicted molar refractivity (Wildman–Crippen MR) is 91.8 cm³/mol. The standard InChI is InChI=1S/C17H14F4N2O5S/c1-22(29(26,27)15-5-3-2-4-13(15)23(24)25)14-9-28-8-10-6-11(17(19,20)21)7-12(18)16(10)14/h2-7,14H,8-9H2,1H3/t14-/m1/s1. The summed E-state index contributed by atoms with van der Waals surface area (Å²) in [5, 5.41) is 11.2. The minimum atomic E-state index is -4.79. The van der Waals surface area contributed by atoms with Gasteiger partial charge >= 0.3 is 6.18 Å². The van der Waals surface area contributed by atoms with Gasteiger partial charge < -0.3 is 4.74 Å². The number of rotatable bonds is 4. The zero-order valence-electron chi connectivity index (χ0n) is 14.8. The molecule has 0 N–H and O–H groups in total. The first-order chi connectivity index (χ1) is 13.4. The van der Waals surface area contributed by atoms with Gasteiger partial charge in [-0.25, -0.2) is 12.8 Å². The summed E-state index contributed by atoms with van der Waals surface area (Å²) in [6.45, 7) is -0.655. The molecule has 0 fully saturated rings. The molecule has 7 nitrogen and oxygen atoms in total. The van der Waals surface area contributed by atoms with Crippen LogP contribution < -0.4 is 0 Å². The Bertz CT molecular complexity index is 1070. The van der Waals surface area contributed by atoms with E-state index in [0.29, 0.717) is 16.4 Å². The maximum Gasteiger partial charge on any atom is 0.416 e. The number of sulfonamides is 1. The molecule has 0 bridgehead atoms. The van der Waals surface area contributed by atoms with E-state index in [1.807, 2.05) is 0 Å². The fourth-order valence-corrected chi connectivity index (χ4v) is 4.60. The highest BCUT2D eigenvalue weighted by molar-refractivity contribution is 7.89. The monoisotopic (exact) mass is 434 g/mol. The minimum Gasteiger partial charge on any atom is -0.375 e. The number of alkyl halides is 3. The number of hydrogen-bond donors (Lipinski definition) is 0. The van der Waals surface area contributed by atoms with Crippen molar-refractivity contribution in [2.75, 3.05) is 13.7 Å². The number of ether oxygens (including phenoxy) is 1. The van der Waals surface area contributed by atoms with Crippen molar-refractivity contribution in [2.24, 2.45) is 0 Å². The van der Waals surface area contributed by atoms with Crippen molar-refractivity contribution in [1.82, 2.24) is 4.31 Å². The van der Waals surface area contributed by atoms with Crippen molar-refractivity contribution in [2.45, 2.75) is 23.7 Å². The molecule has 12 heteroatoms. The summed E-state index contributed by atoms with van der Waals surface area (Å²) < 4.78 is 85.2. The van der Waals surface area contributed by atoms with Gasteiger partial charge in [-0.15, -0.1) is 0 Å². The molecule has 0 spiro atoms. The van der Waals surface area contributed by atoms with Gasteiger partial charge in [-0.05, 0) is 23.8 Å². The van der Waals surface area contributed by atoms with Crippen molar-refractivity contribution >= 4 is 15.7 Å². The van der Waals surface area contributed by atoms with E-state index in [9.17, 15) is 36.1 Å². The average molecular weight is 434 g/mol. The van der Waals surface area contributed by atoms with Crippen molar-refractivity contribution < 1.29 is 35.6 Å². The van der Waals surface area contributed by atoms with E-state index in [1.54, 1.807) is 0 Å². The third-order valence-corrected chi connectivity index (χ3v) is 6.48. The van der Waals surface area contributed by atoms with Crippen LogP contribution >= 0.6 is 0 Å². The van der Waals surface area contributed by atoms with Gasteiger partial charge in [0.05, 0.1) is 29.7 Å². The number of nitrogens with zero attached hydrogens (tertiary/aromatic N) is 2. The van der Waals surface area contributed by atoms with Crippen molar-refractivity contribution in [1.29, 1.82) is 0 Å². The van der Waals surface area contributed by atoms with E-state index >= 15 is 0 Å². The van der Waals surface area contributed by atoms with Gasteiger partial charge in [-0.3, -0.25) is 10.1 Å². The summed E-state index contributed by atoms with van der Waals surface area (Å²) in [5.74, 6) is -1.23. The second-order valence-corrected chi connectivity index (χ2v) is 8.27. The molecule has 0 aliphatic carbocycles. The lowest BCUT2D eigenvalue weighted by atomic mass is 9.96. The van der Waals surface area contributed by atoms with Crippen LogP contribution in [0.1, 0.15) is 22.7 Å². The molecule has 2 aromatic carbocycles. The lowest BCUT2D eigenvalue weighted by molar-refractivity contribution is -0.387. The first kappa shape index (κ1) is 21.1. The molecule has 1 aliphatic heterocycles. The molecule has 2 aromatic rings. The van der Waals surface area contributed by atoms with Gasteiger partial charge in [0.25, 0.3) is 5.69 Å². The number of nitro benzene ring substituents is 1. The zero-order chi connectivity index (χ0) is 21.6. The topological polar surface area (TPSA) is 89.8 Å². The number of likely N-dealkylation sites (N-methyl/N-ethyl adjacent to an activating group) is 1. The smallest absolute Gasteiger partial charge is 0.375 e. The molecule has 0 amide bonds. The van der Waals surface area contributed by atoms with Gasteiger partial charge in [0.1, 0.15) is 5.82 Å². The highest BCUT2D eigenvalue weighted by Crippen LogP contribution is 2.39. The maximum atomic E-state index is 14.6. The third-order valence-electron chi connectivity index (χ3n) is 4.57. The Hall–Kier alpha value is -2.57. The number of benzene rings is 2. The number of halogens is 4. The molecule has 0 saturated heterocycles. The lowest BCUT2D eigenvalue weighted by Crippen LogP contribution is -2.37. The minimum absolute atomic E-state index is 0.141.